The molecule has 0 saturated carbocycles. The zero-order valence-electron chi connectivity index (χ0n) is 12.5. The highest BCUT2D eigenvalue weighted by Gasteiger charge is 2.35. The van der Waals surface area contributed by atoms with Gasteiger partial charge in [-0.3, -0.25) is 0 Å². The van der Waals surface area contributed by atoms with Gasteiger partial charge >= 0.3 is 5.97 Å². The van der Waals surface area contributed by atoms with Gasteiger partial charge in [0.1, 0.15) is 5.60 Å². The highest BCUT2D eigenvalue weighted by molar-refractivity contribution is 7.98. The van der Waals surface area contributed by atoms with Crippen molar-refractivity contribution in [1.82, 2.24) is 0 Å². The first-order valence-electron chi connectivity index (χ1n) is 7.22. The van der Waals surface area contributed by atoms with E-state index in [0.29, 0.717) is 11.5 Å². The van der Waals surface area contributed by atoms with Crippen molar-refractivity contribution in [1.29, 1.82) is 0 Å². The molecule has 0 spiro atoms. The van der Waals surface area contributed by atoms with E-state index in [0.717, 1.165) is 30.8 Å². The molecule has 0 aromatic heterocycles. The van der Waals surface area contributed by atoms with Gasteiger partial charge in [-0.2, -0.15) is 0 Å². The molecule has 2 N–H and O–H groups in total. The quantitative estimate of drug-likeness (QED) is 0.684. The molecule has 1 heterocycles. The summed E-state index contributed by atoms with van der Waals surface area (Å²) >= 11 is 1.63. The number of hydrogen-bond donors (Lipinski definition) is 1. The number of thioether (sulfide) groups is 1. The van der Waals surface area contributed by atoms with Crippen LogP contribution in [0.15, 0.2) is 29.2 Å². The summed E-state index contributed by atoms with van der Waals surface area (Å²) in [5, 5.41) is 2.33. The first kappa shape index (κ1) is 15.4. The lowest BCUT2D eigenvalue weighted by atomic mass is 9.83. The van der Waals surface area contributed by atoms with Gasteiger partial charge in [-0.25, -0.2) is 4.79 Å². The molecule has 20 heavy (non-hydrogen) atoms. The fraction of sp³-hybridized carbons (Fsp3) is 0.562. The van der Waals surface area contributed by atoms with Crippen LogP contribution in [0.25, 0.3) is 0 Å². The largest absolute Gasteiger partial charge is 0.456 e. The Kier molecular flexibility index (Phi) is 5.11. The summed E-state index contributed by atoms with van der Waals surface area (Å²) < 4.78 is 5.80. The predicted octanol–water partition coefficient (Wildman–Crippen LogP) is 2.32. The monoisotopic (exact) mass is 294 g/mol. The van der Waals surface area contributed by atoms with Crippen LogP contribution in [0.4, 0.5) is 0 Å². The van der Waals surface area contributed by atoms with E-state index in [4.69, 9.17) is 4.74 Å². The maximum Gasteiger partial charge on any atom is 0.338 e. The minimum atomic E-state index is -0.388. The normalized spacial score (nSPS) is 16.9. The van der Waals surface area contributed by atoms with Gasteiger partial charge in [-0.1, -0.05) is 6.07 Å². The van der Waals surface area contributed by atoms with Crippen LogP contribution in [0.3, 0.4) is 0 Å². The second kappa shape index (κ2) is 6.64. The Balaban J connectivity index is 2.05. The maximum absolute atomic E-state index is 12.3. The number of benzene rings is 1. The van der Waals surface area contributed by atoms with Gasteiger partial charge in [0.25, 0.3) is 0 Å². The van der Waals surface area contributed by atoms with Crippen LogP contribution in [0.1, 0.15) is 37.0 Å². The third kappa shape index (κ3) is 3.76. The molecule has 3 nitrogen and oxygen atoms in total. The zero-order valence-corrected chi connectivity index (χ0v) is 13.3. The first-order chi connectivity index (χ1) is 9.53. The fourth-order valence-electron chi connectivity index (χ4n) is 2.75. The molecule has 0 aliphatic carbocycles. The second-order valence-electron chi connectivity index (χ2n) is 5.87. The molecule has 0 atom stereocenters. The molecule has 1 aliphatic rings. The van der Waals surface area contributed by atoms with E-state index in [2.05, 4.69) is 5.32 Å². The van der Waals surface area contributed by atoms with Crippen molar-refractivity contribution in [2.24, 2.45) is 5.92 Å². The minimum Gasteiger partial charge on any atom is -0.456 e. The number of nitrogens with two attached hydrogens (primary N) is 1. The molecule has 110 valence electrons. The molecular weight excluding hydrogens is 270 g/mol. The lowest BCUT2D eigenvalue weighted by molar-refractivity contribution is -0.665. The Morgan fingerprint density at radius 2 is 2.05 bits per heavy atom. The summed E-state index contributed by atoms with van der Waals surface area (Å²) in [5.74, 6) is 0.251. The molecule has 1 saturated heterocycles. The lowest BCUT2D eigenvalue weighted by Gasteiger charge is -2.35. The SMILES string of the molecule is CSc1cccc(C(=O)OC(C)(C)C2CC[NH2+]CC2)c1. The Morgan fingerprint density at radius 1 is 1.35 bits per heavy atom. The van der Waals surface area contributed by atoms with Crippen molar-refractivity contribution in [3.63, 3.8) is 0 Å². The molecule has 1 fully saturated rings. The summed E-state index contributed by atoms with van der Waals surface area (Å²) in [6.07, 6.45) is 4.24. The maximum atomic E-state index is 12.3. The number of piperidine rings is 1. The lowest BCUT2D eigenvalue weighted by Crippen LogP contribution is -2.86. The van der Waals surface area contributed by atoms with E-state index in [1.807, 2.05) is 44.4 Å². The van der Waals surface area contributed by atoms with Gasteiger partial charge in [0.05, 0.1) is 18.7 Å². The molecule has 2 rings (SSSR count). The second-order valence-corrected chi connectivity index (χ2v) is 6.74. The van der Waals surface area contributed by atoms with Crippen LogP contribution in [0.5, 0.6) is 0 Å². The highest BCUT2D eigenvalue weighted by atomic mass is 32.2. The van der Waals surface area contributed by atoms with Gasteiger partial charge < -0.3 is 10.1 Å². The smallest absolute Gasteiger partial charge is 0.338 e. The standard InChI is InChI=1S/C16H23NO2S/c1-16(2,13-7-9-17-10-8-13)19-15(18)12-5-4-6-14(11-12)20-3/h4-6,11,13,17H,7-10H2,1-3H3/p+1. The average Bonchev–Trinajstić information content (AvgIpc) is 2.48. The molecule has 0 amide bonds. The third-order valence-electron chi connectivity index (χ3n) is 4.08. The molecule has 1 aromatic carbocycles. The van der Waals surface area contributed by atoms with Crippen LogP contribution >= 0.6 is 11.8 Å². The van der Waals surface area contributed by atoms with Crippen LogP contribution in [-0.4, -0.2) is 30.9 Å². The summed E-state index contributed by atoms with van der Waals surface area (Å²) in [7, 11) is 0. The van der Waals surface area contributed by atoms with Crippen molar-refractivity contribution in [3.05, 3.63) is 29.8 Å². The van der Waals surface area contributed by atoms with Gasteiger partial charge in [-0.15, -0.1) is 11.8 Å². The van der Waals surface area contributed by atoms with Crippen LogP contribution in [0, 0.1) is 5.92 Å². The number of carbonyl (C=O) groups is 1. The fourth-order valence-corrected chi connectivity index (χ4v) is 3.21. The van der Waals surface area contributed by atoms with Crippen LogP contribution in [-0.2, 0) is 4.74 Å². The van der Waals surface area contributed by atoms with E-state index >= 15 is 0 Å². The van der Waals surface area contributed by atoms with Crippen molar-refractivity contribution >= 4 is 17.7 Å². The predicted molar refractivity (Wildman–Crippen MR) is 82.1 cm³/mol. The van der Waals surface area contributed by atoms with Crippen molar-refractivity contribution in [2.45, 2.75) is 37.2 Å². The Labute approximate surface area is 125 Å². The summed E-state index contributed by atoms with van der Waals surface area (Å²) in [5.41, 5.74) is 0.257. The summed E-state index contributed by atoms with van der Waals surface area (Å²) in [6.45, 7) is 6.35. The minimum absolute atomic E-state index is 0.208. The third-order valence-corrected chi connectivity index (χ3v) is 4.81. The van der Waals surface area contributed by atoms with Gasteiger partial charge in [-0.05, 0) is 38.3 Å². The highest BCUT2D eigenvalue weighted by Crippen LogP contribution is 2.29. The van der Waals surface area contributed by atoms with Crippen LogP contribution in [0.2, 0.25) is 0 Å². The van der Waals surface area contributed by atoms with Crippen molar-refractivity contribution in [2.75, 3.05) is 19.3 Å². The number of carbonyl (C=O) groups excluding carboxylic acids is 1. The number of ether oxygens (including phenoxy) is 1. The number of hydrogen-bond acceptors (Lipinski definition) is 3. The molecule has 4 heteroatoms. The molecule has 1 aliphatic heterocycles. The van der Waals surface area contributed by atoms with E-state index in [9.17, 15) is 4.79 Å². The van der Waals surface area contributed by atoms with Crippen molar-refractivity contribution in [3.8, 4) is 0 Å². The van der Waals surface area contributed by atoms with E-state index in [1.54, 1.807) is 11.8 Å². The Hall–Kier alpha value is -1.00. The Morgan fingerprint density at radius 3 is 2.70 bits per heavy atom. The number of quaternary nitrogens is 1. The molecule has 0 bridgehead atoms. The van der Waals surface area contributed by atoms with Gasteiger partial charge in [0.15, 0.2) is 0 Å². The molecular formula is C16H24NO2S+. The average molecular weight is 294 g/mol. The van der Waals surface area contributed by atoms with Gasteiger partial charge in [0, 0.05) is 23.7 Å². The molecule has 0 radical (unpaired) electrons. The first-order valence-corrected chi connectivity index (χ1v) is 8.44. The number of esters is 1. The number of rotatable bonds is 4. The molecule has 1 aromatic rings. The zero-order chi connectivity index (χ0) is 14.6. The van der Waals surface area contributed by atoms with Gasteiger partial charge in [0.2, 0.25) is 0 Å². The van der Waals surface area contributed by atoms with Crippen molar-refractivity contribution < 1.29 is 14.8 Å². The Bertz CT molecular complexity index is 467. The summed E-state index contributed by atoms with van der Waals surface area (Å²) in [6, 6.07) is 7.64. The van der Waals surface area contributed by atoms with E-state index in [-0.39, 0.29) is 11.6 Å². The molecule has 0 unspecified atom stereocenters. The summed E-state index contributed by atoms with van der Waals surface area (Å²) in [4.78, 5) is 13.4. The van der Waals surface area contributed by atoms with E-state index in [1.165, 1.54) is 0 Å². The van der Waals surface area contributed by atoms with Crippen LogP contribution < -0.4 is 5.32 Å². The topological polar surface area (TPSA) is 42.9 Å². The van der Waals surface area contributed by atoms with E-state index < -0.39 is 0 Å².